The zero-order chi connectivity index (χ0) is 36.8. The molecule has 0 aliphatic heterocycles. The van der Waals surface area contributed by atoms with Crippen molar-refractivity contribution in [1.82, 2.24) is 9.66 Å². The molecular weight excluding hydrogens is 677 g/mol. The van der Waals surface area contributed by atoms with Crippen molar-refractivity contribution in [2.45, 2.75) is 129 Å². The molecule has 4 fully saturated rings. The van der Waals surface area contributed by atoms with Crippen LogP contribution in [0.15, 0.2) is 68.5 Å². The van der Waals surface area contributed by atoms with Crippen molar-refractivity contribution in [3.8, 4) is 0 Å². The molecule has 0 aromatic heterocycles. The van der Waals surface area contributed by atoms with Crippen LogP contribution in [0.2, 0.25) is 0 Å². The number of hydrazone groups is 2. The molecule has 4 aliphatic rings. The Bertz CT molecular complexity index is 1840. The second kappa shape index (κ2) is 14.6. The monoisotopic (exact) mass is 736 g/mol. The second-order valence-electron chi connectivity index (χ2n) is 17.5. The Morgan fingerprint density at radius 3 is 1.88 bits per heavy atom. The van der Waals surface area contributed by atoms with Gasteiger partial charge in [0.2, 0.25) is 0 Å². The van der Waals surface area contributed by atoms with E-state index >= 15 is 0 Å². The third-order valence-electron chi connectivity index (χ3n) is 13.8. The van der Waals surface area contributed by atoms with Gasteiger partial charge in [0.15, 0.2) is 0 Å². The summed E-state index contributed by atoms with van der Waals surface area (Å²) in [6, 6.07) is 13.7. The van der Waals surface area contributed by atoms with E-state index in [-0.39, 0.29) is 32.5 Å². The number of hydrogen-bond donors (Lipinski definition) is 2. The van der Waals surface area contributed by atoms with Crippen LogP contribution < -0.4 is 9.66 Å². The van der Waals surface area contributed by atoms with Gasteiger partial charge in [0.05, 0.1) is 9.79 Å². The van der Waals surface area contributed by atoms with E-state index in [1.165, 1.54) is 32.1 Å². The van der Waals surface area contributed by atoms with E-state index in [2.05, 4.69) is 49.4 Å². The maximum absolute atomic E-state index is 13.5. The second-order valence-corrected chi connectivity index (χ2v) is 20.8. The van der Waals surface area contributed by atoms with Crippen LogP contribution in [0, 0.1) is 66.1 Å². The van der Waals surface area contributed by atoms with Gasteiger partial charge >= 0.3 is 0 Å². The quantitative estimate of drug-likeness (QED) is 0.224. The number of rotatable bonds is 11. The van der Waals surface area contributed by atoms with Crippen LogP contribution >= 0.6 is 0 Å². The highest BCUT2D eigenvalue weighted by Gasteiger charge is 2.62. The largest absolute Gasteiger partial charge is 0.276 e. The minimum atomic E-state index is -3.84. The molecular formula is C41H60N4O4S2. The summed E-state index contributed by atoms with van der Waals surface area (Å²) in [5.41, 5.74) is 4.06. The number of nitrogens with zero attached hydrogens (tertiary/aromatic N) is 2. The summed E-state index contributed by atoms with van der Waals surface area (Å²) < 4.78 is 53.2. The van der Waals surface area contributed by atoms with Gasteiger partial charge in [0.25, 0.3) is 20.0 Å². The van der Waals surface area contributed by atoms with E-state index < -0.39 is 20.0 Å². The topological polar surface area (TPSA) is 117 Å². The number of aryl methyl sites for hydroxylation is 2. The molecule has 0 radical (unpaired) electrons. The molecule has 2 N–H and O–H groups in total. The molecule has 6 rings (SSSR count). The first-order valence-corrected chi connectivity index (χ1v) is 22.3. The van der Waals surface area contributed by atoms with E-state index in [0.29, 0.717) is 36.5 Å². The van der Waals surface area contributed by atoms with Gasteiger partial charge in [0, 0.05) is 17.3 Å². The van der Waals surface area contributed by atoms with E-state index in [0.717, 1.165) is 54.2 Å². The lowest BCUT2D eigenvalue weighted by Gasteiger charge is -2.61. The lowest BCUT2D eigenvalue weighted by atomic mass is 9.44. The Kier molecular flexibility index (Phi) is 10.9. The van der Waals surface area contributed by atoms with Crippen molar-refractivity contribution in [2.75, 3.05) is 0 Å². The van der Waals surface area contributed by atoms with Crippen molar-refractivity contribution in [3.05, 3.63) is 59.7 Å². The van der Waals surface area contributed by atoms with Crippen LogP contribution in [0.5, 0.6) is 0 Å². The van der Waals surface area contributed by atoms with Gasteiger partial charge in [-0.15, -0.1) is 0 Å². The fourth-order valence-electron chi connectivity index (χ4n) is 10.8. The predicted molar refractivity (Wildman–Crippen MR) is 206 cm³/mol. The zero-order valence-corrected chi connectivity index (χ0v) is 33.4. The summed E-state index contributed by atoms with van der Waals surface area (Å²) in [5, 5.41) is 9.37. The minimum Gasteiger partial charge on any atom is -0.200 e. The Hall–Kier alpha value is -2.72. The number of fused-ring (bicyclic) bond motifs is 5. The third kappa shape index (κ3) is 7.69. The molecule has 8 nitrogen and oxygen atoms in total. The van der Waals surface area contributed by atoms with Gasteiger partial charge in [-0.3, -0.25) is 0 Å². The van der Waals surface area contributed by atoms with E-state index in [4.69, 9.17) is 5.10 Å². The van der Waals surface area contributed by atoms with Crippen molar-refractivity contribution >= 4 is 31.5 Å². The number of sulfonamides is 2. The van der Waals surface area contributed by atoms with Crippen molar-refractivity contribution in [1.29, 1.82) is 0 Å². The fraction of sp³-hybridized carbons (Fsp3) is 0.659. The van der Waals surface area contributed by atoms with Crippen LogP contribution in [0.1, 0.15) is 116 Å². The van der Waals surface area contributed by atoms with Crippen LogP contribution in [0.4, 0.5) is 0 Å². The van der Waals surface area contributed by atoms with Gasteiger partial charge in [-0.1, -0.05) is 89.3 Å². The van der Waals surface area contributed by atoms with Crippen molar-refractivity contribution in [3.63, 3.8) is 0 Å². The highest BCUT2D eigenvalue weighted by atomic mass is 32.2. The maximum Gasteiger partial charge on any atom is 0.276 e. The highest BCUT2D eigenvalue weighted by molar-refractivity contribution is 7.89. The molecule has 2 aromatic rings. The molecule has 2 aromatic carbocycles. The predicted octanol–water partition coefficient (Wildman–Crippen LogP) is 9.00. The van der Waals surface area contributed by atoms with Gasteiger partial charge in [0.1, 0.15) is 0 Å². The maximum atomic E-state index is 13.5. The van der Waals surface area contributed by atoms with Crippen LogP contribution in [0.3, 0.4) is 0 Å². The lowest BCUT2D eigenvalue weighted by Crippen LogP contribution is -2.57. The highest BCUT2D eigenvalue weighted by Crippen LogP contribution is 2.67. The third-order valence-corrected chi connectivity index (χ3v) is 16.3. The van der Waals surface area contributed by atoms with Crippen LogP contribution in [0.25, 0.3) is 0 Å². The average molecular weight is 737 g/mol. The number of nitrogens with one attached hydrogen (secondary N) is 2. The Morgan fingerprint density at radius 1 is 0.725 bits per heavy atom. The molecule has 0 heterocycles. The fourth-order valence-corrected chi connectivity index (χ4v) is 12.5. The summed E-state index contributed by atoms with van der Waals surface area (Å²) in [4.78, 5) is 5.62. The van der Waals surface area contributed by atoms with Gasteiger partial charge in [-0.25, -0.2) is 9.66 Å². The molecule has 8 atom stereocenters. The first kappa shape index (κ1) is 38.0. The van der Waals surface area contributed by atoms with Crippen LogP contribution in [-0.4, -0.2) is 28.3 Å². The molecule has 0 saturated heterocycles. The molecule has 4 aliphatic carbocycles. The zero-order valence-electron chi connectivity index (χ0n) is 31.8. The lowest BCUT2D eigenvalue weighted by molar-refractivity contribution is -0.0619. The number of hydrogen-bond acceptors (Lipinski definition) is 6. The summed E-state index contributed by atoms with van der Waals surface area (Å²) in [6.07, 6.45) is 11.5. The normalized spacial score (nSPS) is 33.1. The first-order chi connectivity index (χ1) is 24.0. The van der Waals surface area contributed by atoms with Gasteiger partial charge in [-0.05, 0) is 136 Å². The standard InChI is InChI=1S/C41H60N4O4S2/c1-27(2)9-8-10-30(5)35-19-20-36-39-37(22-24-41(35,36)7)40(6)23-21-32(42-44-50(46,47)33-15-11-28(3)12-16-33)25-31(40)26-38(39)43-45-51(48,49)34-17-13-29(4)14-18-34/h11-18,27,30-31,35-37,39,44-45H,8-10,19-26H2,1-7H3/b42-32+,43-38-/t30-,31?,35-,36+,37?,39?,40+,41-/m1/s1. The minimum absolute atomic E-state index is 0.0384. The Morgan fingerprint density at radius 2 is 1.29 bits per heavy atom. The summed E-state index contributed by atoms with van der Waals surface area (Å²) in [5.74, 6) is 3.32. The van der Waals surface area contributed by atoms with E-state index in [1.54, 1.807) is 36.4 Å². The average Bonchev–Trinajstić information content (AvgIpc) is 3.44. The molecule has 0 spiro atoms. The molecule has 3 unspecified atom stereocenters. The molecule has 4 saturated carbocycles. The summed E-state index contributed by atoms with van der Waals surface area (Å²) in [6.45, 7) is 16.0. The summed E-state index contributed by atoms with van der Waals surface area (Å²) in [7, 11) is -7.62. The van der Waals surface area contributed by atoms with Gasteiger partial charge in [-0.2, -0.15) is 27.0 Å². The number of benzene rings is 2. The van der Waals surface area contributed by atoms with Crippen molar-refractivity contribution in [2.24, 2.45) is 62.5 Å². The smallest absolute Gasteiger partial charge is 0.200 e. The van der Waals surface area contributed by atoms with E-state index in [1.807, 2.05) is 26.0 Å². The van der Waals surface area contributed by atoms with Gasteiger partial charge < -0.3 is 0 Å². The first-order valence-electron chi connectivity index (χ1n) is 19.3. The SMILES string of the molecule is Cc1ccc(S(=O)(=O)N/N=C2/CC3C/C(=N/NS(=O)(=O)c4ccc(C)cc4)CC[C@]3(C)C3CC[C@]4(C)[C@@H]([C@H](C)CCCC(C)C)CC[C@H]4C23)cc1. The molecule has 280 valence electrons. The molecule has 0 amide bonds. The molecule has 0 bridgehead atoms. The van der Waals surface area contributed by atoms with Crippen LogP contribution in [-0.2, 0) is 20.0 Å². The van der Waals surface area contributed by atoms with E-state index in [9.17, 15) is 16.8 Å². The molecule has 10 heteroatoms. The Labute approximate surface area is 307 Å². The molecule has 51 heavy (non-hydrogen) atoms. The Balaban J connectivity index is 1.29. The summed E-state index contributed by atoms with van der Waals surface area (Å²) >= 11 is 0. The van der Waals surface area contributed by atoms with Crippen molar-refractivity contribution < 1.29 is 16.8 Å².